The number of hydrogen-bond donors (Lipinski definition) is 3. The normalized spacial score (nSPS) is 18.4. The maximum atomic E-state index is 13.5. The lowest BCUT2D eigenvalue weighted by atomic mass is 9.83. The number of carbonyl (C=O) groups excluding carboxylic acids is 2. The molecule has 5 rings (SSSR count). The van der Waals surface area contributed by atoms with Crippen LogP contribution in [-0.4, -0.2) is 51.7 Å². The maximum absolute atomic E-state index is 13.5. The summed E-state index contributed by atoms with van der Waals surface area (Å²) in [6.07, 6.45) is 9.11. The topological polar surface area (TPSA) is 129 Å². The molecule has 41 heavy (non-hydrogen) atoms. The predicted molar refractivity (Wildman–Crippen MR) is 155 cm³/mol. The number of amides is 2. The highest BCUT2D eigenvalue weighted by molar-refractivity contribution is 5.97. The first-order valence-corrected chi connectivity index (χ1v) is 14.7. The van der Waals surface area contributed by atoms with Gasteiger partial charge in [-0.25, -0.2) is 9.80 Å². The van der Waals surface area contributed by atoms with Crippen LogP contribution in [0, 0.1) is 11.8 Å². The molecular weight excluding hydrogens is 522 g/mol. The number of benzene rings is 2. The molecule has 3 N–H and O–H groups in total. The van der Waals surface area contributed by atoms with Gasteiger partial charge in [-0.3, -0.25) is 9.59 Å². The molecule has 0 radical (unpaired) electrons. The standard InChI is InChI=1S/C31H39N3O3.CH2O3/c1-22(8-7-9-23-14-15-23)32-30(36)29(25-10-5-6-11-25)26-18-16-24(17-19-26)20-34-28(35)21-37-31(33-34)27-12-3-2-4-13-27;2-1(3)4/h2-4,12-13,16-19,22-23,25,29H,5-11,14-15,20-21H2,1H3,(H,32,36);(H2,2,3,4). The number of carbonyl (C=O) groups is 3. The summed E-state index contributed by atoms with van der Waals surface area (Å²) in [5.74, 6) is 1.68. The highest BCUT2D eigenvalue weighted by atomic mass is 16.6. The van der Waals surface area contributed by atoms with Crippen LogP contribution in [0.4, 0.5) is 4.79 Å². The van der Waals surface area contributed by atoms with Crippen LogP contribution in [0.3, 0.4) is 0 Å². The molecule has 2 aromatic carbocycles. The maximum Gasteiger partial charge on any atom is 0.503 e. The number of rotatable bonds is 11. The van der Waals surface area contributed by atoms with E-state index in [1.54, 1.807) is 0 Å². The number of hydrazone groups is 1. The monoisotopic (exact) mass is 563 g/mol. The molecule has 2 atom stereocenters. The molecule has 9 heteroatoms. The van der Waals surface area contributed by atoms with Crippen molar-refractivity contribution in [1.29, 1.82) is 0 Å². The zero-order valence-electron chi connectivity index (χ0n) is 23.7. The van der Waals surface area contributed by atoms with Gasteiger partial charge in [0.15, 0.2) is 6.61 Å². The van der Waals surface area contributed by atoms with Crippen LogP contribution in [-0.2, 0) is 20.9 Å². The summed E-state index contributed by atoms with van der Waals surface area (Å²) in [5.41, 5.74) is 2.90. The van der Waals surface area contributed by atoms with E-state index in [2.05, 4.69) is 29.5 Å². The third kappa shape index (κ3) is 9.33. The van der Waals surface area contributed by atoms with E-state index < -0.39 is 6.16 Å². The van der Waals surface area contributed by atoms with E-state index in [-0.39, 0.29) is 30.4 Å². The summed E-state index contributed by atoms with van der Waals surface area (Å²) < 4.78 is 5.56. The van der Waals surface area contributed by atoms with Gasteiger partial charge in [-0.2, -0.15) is 0 Å². The van der Waals surface area contributed by atoms with E-state index >= 15 is 0 Å². The molecule has 2 aliphatic carbocycles. The van der Waals surface area contributed by atoms with E-state index in [0.717, 1.165) is 41.9 Å². The summed E-state index contributed by atoms with van der Waals surface area (Å²) >= 11 is 0. The molecule has 0 bridgehead atoms. The number of nitrogens with zero attached hydrogens (tertiary/aromatic N) is 2. The number of carboxylic acid groups (broad SMARTS) is 2. The van der Waals surface area contributed by atoms with Crippen molar-refractivity contribution in [3.63, 3.8) is 0 Å². The highest BCUT2D eigenvalue weighted by Crippen LogP contribution is 2.38. The molecule has 2 fully saturated rings. The van der Waals surface area contributed by atoms with Crippen LogP contribution in [0.5, 0.6) is 0 Å². The molecule has 9 nitrogen and oxygen atoms in total. The summed E-state index contributed by atoms with van der Waals surface area (Å²) in [6, 6.07) is 18.0. The molecule has 3 aliphatic rings. The van der Waals surface area contributed by atoms with Gasteiger partial charge in [-0.05, 0) is 61.3 Å². The summed E-state index contributed by atoms with van der Waals surface area (Å²) in [5, 5.41) is 23.2. The summed E-state index contributed by atoms with van der Waals surface area (Å²) in [4.78, 5) is 34.5. The van der Waals surface area contributed by atoms with Gasteiger partial charge in [0.05, 0.1) is 12.5 Å². The van der Waals surface area contributed by atoms with Gasteiger partial charge in [0, 0.05) is 11.6 Å². The third-order valence-electron chi connectivity index (χ3n) is 8.01. The molecule has 2 aromatic rings. The van der Waals surface area contributed by atoms with Gasteiger partial charge >= 0.3 is 6.16 Å². The van der Waals surface area contributed by atoms with E-state index in [1.807, 2.05) is 42.5 Å². The van der Waals surface area contributed by atoms with Crippen molar-refractivity contribution >= 4 is 23.9 Å². The molecule has 2 saturated carbocycles. The van der Waals surface area contributed by atoms with E-state index in [9.17, 15) is 9.59 Å². The van der Waals surface area contributed by atoms with Gasteiger partial charge in [-0.1, -0.05) is 81.0 Å². The predicted octanol–water partition coefficient (Wildman–Crippen LogP) is 5.99. The fourth-order valence-corrected chi connectivity index (χ4v) is 5.70. The minimum atomic E-state index is -1.83. The van der Waals surface area contributed by atoms with Crippen molar-refractivity contribution in [2.75, 3.05) is 6.61 Å². The minimum absolute atomic E-state index is 0.0193. The van der Waals surface area contributed by atoms with Crippen molar-refractivity contribution in [2.24, 2.45) is 16.9 Å². The van der Waals surface area contributed by atoms with Gasteiger partial charge in [0.25, 0.3) is 5.91 Å². The zero-order chi connectivity index (χ0) is 29.2. The second-order valence-corrected chi connectivity index (χ2v) is 11.3. The molecule has 2 amide bonds. The molecule has 0 aromatic heterocycles. The Kier molecular flexibility index (Phi) is 10.8. The lowest BCUT2D eigenvalue weighted by Crippen LogP contribution is -2.38. The molecular formula is C32H41N3O6. The van der Waals surface area contributed by atoms with Gasteiger partial charge in [0.2, 0.25) is 11.8 Å². The Morgan fingerprint density at radius 1 is 1.02 bits per heavy atom. The largest absolute Gasteiger partial charge is 0.503 e. The van der Waals surface area contributed by atoms with Crippen LogP contribution in [0.2, 0.25) is 0 Å². The second kappa shape index (κ2) is 14.7. The van der Waals surface area contributed by atoms with Crippen molar-refractivity contribution in [3.8, 4) is 0 Å². The smallest absolute Gasteiger partial charge is 0.466 e. The second-order valence-electron chi connectivity index (χ2n) is 11.3. The van der Waals surface area contributed by atoms with Crippen LogP contribution >= 0.6 is 0 Å². The number of ether oxygens (including phenoxy) is 1. The average Bonchev–Trinajstić information content (AvgIpc) is 3.62. The van der Waals surface area contributed by atoms with Crippen molar-refractivity contribution < 1.29 is 29.3 Å². The van der Waals surface area contributed by atoms with Crippen molar-refractivity contribution in [3.05, 3.63) is 71.3 Å². The fourth-order valence-electron chi connectivity index (χ4n) is 5.70. The number of hydrogen-bond acceptors (Lipinski definition) is 5. The first-order valence-electron chi connectivity index (χ1n) is 14.7. The van der Waals surface area contributed by atoms with Crippen molar-refractivity contribution in [2.45, 2.75) is 83.2 Å². The summed E-state index contributed by atoms with van der Waals surface area (Å²) in [7, 11) is 0. The highest BCUT2D eigenvalue weighted by Gasteiger charge is 2.33. The Morgan fingerprint density at radius 2 is 1.68 bits per heavy atom. The average molecular weight is 564 g/mol. The van der Waals surface area contributed by atoms with Crippen LogP contribution < -0.4 is 5.32 Å². The summed E-state index contributed by atoms with van der Waals surface area (Å²) in [6.45, 7) is 2.49. The first-order chi connectivity index (χ1) is 19.8. The Bertz CT molecular complexity index is 1190. The molecule has 220 valence electrons. The van der Waals surface area contributed by atoms with E-state index in [4.69, 9.17) is 19.7 Å². The molecule has 0 spiro atoms. The fraction of sp³-hybridized carbons (Fsp3) is 0.500. The van der Waals surface area contributed by atoms with Gasteiger partial charge in [0.1, 0.15) is 0 Å². The zero-order valence-corrected chi connectivity index (χ0v) is 23.7. The Morgan fingerprint density at radius 3 is 2.32 bits per heavy atom. The lowest BCUT2D eigenvalue weighted by Gasteiger charge is -2.26. The van der Waals surface area contributed by atoms with Crippen molar-refractivity contribution in [1.82, 2.24) is 10.3 Å². The van der Waals surface area contributed by atoms with E-state index in [1.165, 1.54) is 43.5 Å². The number of nitrogens with one attached hydrogen (secondary N) is 1. The first kappa shape index (κ1) is 30.1. The third-order valence-corrected chi connectivity index (χ3v) is 8.01. The van der Waals surface area contributed by atoms with E-state index in [0.29, 0.717) is 18.4 Å². The molecule has 2 unspecified atom stereocenters. The lowest BCUT2D eigenvalue weighted by molar-refractivity contribution is -0.136. The van der Waals surface area contributed by atoms with Crippen LogP contribution in [0.15, 0.2) is 59.7 Å². The van der Waals surface area contributed by atoms with Crippen LogP contribution in [0.25, 0.3) is 0 Å². The Balaban J connectivity index is 0.000000909. The quantitative estimate of drug-likeness (QED) is 0.308. The van der Waals surface area contributed by atoms with Crippen LogP contribution in [0.1, 0.15) is 87.3 Å². The Labute approximate surface area is 241 Å². The molecule has 1 aliphatic heterocycles. The molecule has 1 heterocycles. The van der Waals surface area contributed by atoms with Gasteiger partial charge in [-0.15, -0.1) is 5.10 Å². The Hall–Kier alpha value is -3.88. The van der Waals surface area contributed by atoms with Gasteiger partial charge < -0.3 is 20.3 Å². The molecule has 0 saturated heterocycles. The minimum Gasteiger partial charge on any atom is -0.466 e. The SMILES string of the molecule is CC(CCCC1CC1)NC(=O)C(c1ccc(CN2N=C(c3ccccc3)OCC2=O)cc1)C1CCCC1.O=C(O)O.